The van der Waals surface area contributed by atoms with Gasteiger partial charge in [0.2, 0.25) is 0 Å². The molecular formula is C25H23Cl2NO4. The van der Waals surface area contributed by atoms with Crippen LogP contribution in [-0.2, 0) is 16.1 Å². The molecular weight excluding hydrogens is 449 g/mol. The highest BCUT2D eigenvalue weighted by atomic mass is 35.5. The maximum atomic E-state index is 13.2. The van der Waals surface area contributed by atoms with E-state index in [0.29, 0.717) is 32.6 Å². The SMILES string of the molecule is CCOC(=O)c1ccc(N(Cc2c(Cl)cccc2Cl)C(=O)COc2ccccc2C)cc1. The largest absolute Gasteiger partial charge is 0.483 e. The Morgan fingerprint density at radius 2 is 1.56 bits per heavy atom. The van der Waals surface area contributed by atoms with E-state index in [1.54, 1.807) is 49.4 Å². The predicted octanol–water partition coefficient (Wildman–Crippen LogP) is 6.09. The van der Waals surface area contributed by atoms with Crippen LogP contribution in [0.15, 0.2) is 66.7 Å². The van der Waals surface area contributed by atoms with Gasteiger partial charge in [-0.2, -0.15) is 0 Å². The van der Waals surface area contributed by atoms with Crippen LogP contribution < -0.4 is 9.64 Å². The minimum Gasteiger partial charge on any atom is -0.483 e. The molecule has 0 aliphatic heterocycles. The fraction of sp³-hybridized carbons (Fsp3) is 0.200. The first-order valence-corrected chi connectivity index (χ1v) is 10.8. The van der Waals surface area contributed by atoms with Crippen molar-refractivity contribution in [2.24, 2.45) is 0 Å². The minimum atomic E-state index is -0.422. The monoisotopic (exact) mass is 471 g/mol. The Morgan fingerprint density at radius 1 is 0.906 bits per heavy atom. The van der Waals surface area contributed by atoms with E-state index in [9.17, 15) is 9.59 Å². The fourth-order valence-corrected chi connectivity index (χ4v) is 3.61. The van der Waals surface area contributed by atoms with Crippen LogP contribution in [0, 0.1) is 6.92 Å². The molecule has 5 nitrogen and oxygen atoms in total. The van der Waals surface area contributed by atoms with Gasteiger partial charge in [-0.1, -0.05) is 47.5 Å². The van der Waals surface area contributed by atoms with Crippen molar-refractivity contribution in [3.63, 3.8) is 0 Å². The fourth-order valence-electron chi connectivity index (χ4n) is 3.09. The molecule has 0 saturated carbocycles. The number of hydrogen-bond donors (Lipinski definition) is 0. The zero-order valence-electron chi connectivity index (χ0n) is 17.8. The third kappa shape index (κ3) is 5.81. The predicted molar refractivity (Wildman–Crippen MR) is 127 cm³/mol. The lowest BCUT2D eigenvalue weighted by Gasteiger charge is -2.24. The third-order valence-corrected chi connectivity index (χ3v) is 5.52. The number of anilines is 1. The zero-order chi connectivity index (χ0) is 23.1. The Balaban J connectivity index is 1.87. The second kappa shape index (κ2) is 11.0. The number of esters is 1. The van der Waals surface area contributed by atoms with Crippen LogP contribution in [-0.4, -0.2) is 25.1 Å². The van der Waals surface area contributed by atoms with E-state index < -0.39 is 5.97 Å². The van der Waals surface area contributed by atoms with E-state index in [-0.39, 0.29) is 25.7 Å². The van der Waals surface area contributed by atoms with Gasteiger partial charge in [-0.25, -0.2) is 4.79 Å². The number of aryl methyl sites for hydroxylation is 1. The van der Waals surface area contributed by atoms with Crippen molar-refractivity contribution in [2.45, 2.75) is 20.4 Å². The van der Waals surface area contributed by atoms with Crippen LogP contribution in [0.2, 0.25) is 10.0 Å². The molecule has 7 heteroatoms. The average Bonchev–Trinajstić information content (AvgIpc) is 2.78. The molecule has 0 atom stereocenters. The van der Waals surface area contributed by atoms with Crippen molar-refractivity contribution >= 4 is 40.8 Å². The first-order valence-electron chi connectivity index (χ1n) is 10.1. The van der Waals surface area contributed by atoms with Crippen LogP contribution in [0.4, 0.5) is 5.69 Å². The molecule has 3 aromatic rings. The summed E-state index contributed by atoms with van der Waals surface area (Å²) >= 11 is 12.7. The van der Waals surface area contributed by atoms with Crippen LogP contribution in [0.25, 0.3) is 0 Å². The van der Waals surface area contributed by atoms with E-state index in [1.807, 2.05) is 31.2 Å². The number of rotatable bonds is 8. The number of halogens is 2. The van der Waals surface area contributed by atoms with Crippen molar-refractivity contribution in [1.82, 2.24) is 0 Å². The van der Waals surface area contributed by atoms with Crippen molar-refractivity contribution in [3.05, 3.63) is 93.5 Å². The number of para-hydroxylation sites is 1. The normalized spacial score (nSPS) is 10.5. The second-order valence-electron chi connectivity index (χ2n) is 7.00. The number of carbonyl (C=O) groups excluding carboxylic acids is 2. The molecule has 0 spiro atoms. The highest BCUT2D eigenvalue weighted by molar-refractivity contribution is 6.36. The van der Waals surface area contributed by atoms with Gasteiger partial charge in [0.05, 0.1) is 18.7 Å². The number of amides is 1. The van der Waals surface area contributed by atoms with Crippen LogP contribution >= 0.6 is 23.2 Å². The first-order chi connectivity index (χ1) is 15.4. The molecule has 0 aromatic heterocycles. The summed E-state index contributed by atoms with van der Waals surface area (Å²) in [6, 6.07) is 19.3. The van der Waals surface area contributed by atoms with Gasteiger partial charge in [0.15, 0.2) is 6.61 Å². The quantitative estimate of drug-likeness (QED) is 0.373. The van der Waals surface area contributed by atoms with Gasteiger partial charge in [0.25, 0.3) is 5.91 Å². The molecule has 0 N–H and O–H groups in total. The van der Waals surface area contributed by atoms with E-state index in [4.69, 9.17) is 32.7 Å². The minimum absolute atomic E-state index is 0.146. The van der Waals surface area contributed by atoms with E-state index in [2.05, 4.69) is 0 Å². The number of carbonyl (C=O) groups is 2. The molecule has 32 heavy (non-hydrogen) atoms. The Kier molecular flexibility index (Phi) is 8.14. The molecule has 3 rings (SSSR count). The van der Waals surface area contributed by atoms with E-state index in [1.165, 1.54) is 4.90 Å². The molecule has 0 aliphatic carbocycles. The van der Waals surface area contributed by atoms with Gasteiger partial charge in [0, 0.05) is 21.3 Å². The number of benzene rings is 3. The third-order valence-electron chi connectivity index (χ3n) is 4.81. The summed E-state index contributed by atoms with van der Waals surface area (Å²) in [6.45, 7) is 3.91. The molecule has 1 amide bonds. The molecule has 3 aromatic carbocycles. The zero-order valence-corrected chi connectivity index (χ0v) is 19.3. The van der Waals surface area contributed by atoms with E-state index in [0.717, 1.165) is 5.56 Å². The van der Waals surface area contributed by atoms with Crippen LogP contribution in [0.3, 0.4) is 0 Å². The number of hydrogen-bond acceptors (Lipinski definition) is 4. The first kappa shape index (κ1) is 23.6. The average molecular weight is 472 g/mol. The second-order valence-corrected chi connectivity index (χ2v) is 7.82. The summed E-state index contributed by atoms with van der Waals surface area (Å²) < 4.78 is 10.8. The molecule has 0 aliphatic rings. The van der Waals surface area contributed by atoms with Crippen LogP contribution in [0.1, 0.15) is 28.4 Å². The van der Waals surface area contributed by atoms with Crippen LogP contribution in [0.5, 0.6) is 5.75 Å². The molecule has 0 bridgehead atoms. The van der Waals surface area contributed by atoms with E-state index >= 15 is 0 Å². The maximum absolute atomic E-state index is 13.2. The van der Waals surface area contributed by atoms with Gasteiger partial charge in [-0.05, 0) is 61.9 Å². The lowest BCUT2D eigenvalue weighted by atomic mass is 10.1. The molecule has 166 valence electrons. The van der Waals surface area contributed by atoms with Crippen molar-refractivity contribution in [1.29, 1.82) is 0 Å². The Labute approximate surface area is 197 Å². The lowest BCUT2D eigenvalue weighted by molar-refractivity contribution is -0.120. The van der Waals surface area contributed by atoms with Gasteiger partial charge in [-0.15, -0.1) is 0 Å². The lowest BCUT2D eigenvalue weighted by Crippen LogP contribution is -2.34. The molecule has 0 unspecified atom stereocenters. The summed E-state index contributed by atoms with van der Waals surface area (Å²) in [5.74, 6) is -0.0729. The summed E-state index contributed by atoms with van der Waals surface area (Å²) in [4.78, 5) is 26.7. The van der Waals surface area contributed by atoms with Gasteiger partial charge < -0.3 is 14.4 Å². The Morgan fingerprint density at radius 3 is 2.19 bits per heavy atom. The summed E-state index contributed by atoms with van der Waals surface area (Å²) in [5, 5.41) is 0.913. The van der Waals surface area contributed by atoms with Gasteiger partial charge in [0.1, 0.15) is 5.75 Å². The highest BCUT2D eigenvalue weighted by Crippen LogP contribution is 2.28. The highest BCUT2D eigenvalue weighted by Gasteiger charge is 2.21. The number of nitrogens with zero attached hydrogens (tertiary/aromatic N) is 1. The molecule has 0 radical (unpaired) electrons. The van der Waals surface area contributed by atoms with Gasteiger partial charge in [-0.3, -0.25) is 4.79 Å². The Hall–Kier alpha value is -3.02. The smallest absolute Gasteiger partial charge is 0.338 e. The molecule has 0 heterocycles. The van der Waals surface area contributed by atoms with Crippen molar-refractivity contribution < 1.29 is 19.1 Å². The summed E-state index contributed by atoms with van der Waals surface area (Å²) in [7, 11) is 0. The van der Waals surface area contributed by atoms with Crippen molar-refractivity contribution in [3.8, 4) is 5.75 Å². The topological polar surface area (TPSA) is 55.8 Å². The standard InChI is InChI=1S/C25H23Cl2NO4/c1-3-31-25(30)18-11-13-19(14-12-18)28(15-20-21(26)8-6-9-22(20)27)24(29)16-32-23-10-5-4-7-17(23)2/h4-14H,3,15-16H2,1-2H3. The summed E-state index contributed by atoms with van der Waals surface area (Å²) in [6.07, 6.45) is 0. The number of ether oxygens (including phenoxy) is 2. The Bertz CT molecular complexity index is 1080. The maximum Gasteiger partial charge on any atom is 0.338 e. The van der Waals surface area contributed by atoms with Crippen molar-refractivity contribution in [2.75, 3.05) is 18.1 Å². The molecule has 0 fully saturated rings. The van der Waals surface area contributed by atoms with Gasteiger partial charge >= 0.3 is 5.97 Å². The molecule has 0 saturated heterocycles. The summed E-state index contributed by atoms with van der Waals surface area (Å²) in [5.41, 5.74) is 2.52.